The van der Waals surface area contributed by atoms with Gasteiger partial charge >= 0.3 is 0 Å². The number of hydrogen-bond acceptors (Lipinski definition) is 1. The van der Waals surface area contributed by atoms with Gasteiger partial charge in [-0.05, 0) is 45.9 Å². The Bertz CT molecular complexity index is 430. The van der Waals surface area contributed by atoms with Crippen molar-refractivity contribution in [2.75, 3.05) is 0 Å². The summed E-state index contributed by atoms with van der Waals surface area (Å²) in [6, 6.07) is 6.10. The maximum absolute atomic E-state index is 10.1. The lowest BCUT2D eigenvalue weighted by molar-refractivity contribution is 0.257. The second-order valence-electron chi connectivity index (χ2n) is 8.15. The van der Waals surface area contributed by atoms with Gasteiger partial charge in [0.25, 0.3) is 0 Å². The number of hydrogen-bond donors (Lipinski definition) is 1. The van der Waals surface area contributed by atoms with Gasteiger partial charge in [0.2, 0.25) is 0 Å². The molecule has 0 aliphatic heterocycles. The van der Waals surface area contributed by atoms with Gasteiger partial charge < -0.3 is 5.11 Å². The first-order valence-electron chi connectivity index (χ1n) is 7.27. The summed E-state index contributed by atoms with van der Waals surface area (Å²) < 4.78 is 0. The van der Waals surface area contributed by atoms with Crippen LogP contribution in [0.15, 0.2) is 18.2 Å². The van der Waals surface area contributed by atoms with E-state index < -0.39 is 0 Å². The molecule has 1 heteroatoms. The topological polar surface area (TPSA) is 20.2 Å². The van der Waals surface area contributed by atoms with Crippen LogP contribution in [0.1, 0.15) is 72.4 Å². The summed E-state index contributed by atoms with van der Waals surface area (Å²) in [6.07, 6.45) is 0. The molecule has 0 heterocycles. The van der Waals surface area contributed by atoms with Crippen molar-refractivity contribution < 1.29 is 5.11 Å². The largest absolute Gasteiger partial charge is 0.508 e. The molecule has 1 unspecified atom stereocenters. The summed E-state index contributed by atoms with van der Waals surface area (Å²) in [5.41, 5.74) is 2.72. The number of phenols is 1. The molecule has 108 valence electrons. The van der Waals surface area contributed by atoms with Gasteiger partial charge in [-0.15, -0.1) is 0 Å². The lowest BCUT2D eigenvalue weighted by atomic mass is 9.69. The number of rotatable bonds is 2. The van der Waals surface area contributed by atoms with E-state index in [1.807, 2.05) is 12.1 Å². The third-order valence-electron chi connectivity index (χ3n) is 3.76. The maximum Gasteiger partial charge on any atom is 0.116 e. The molecule has 1 nitrogen and oxygen atoms in total. The monoisotopic (exact) mass is 262 g/mol. The van der Waals surface area contributed by atoms with Crippen molar-refractivity contribution in [1.82, 2.24) is 0 Å². The maximum atomic E-state index is 10.1. The van der Waals surface area contributed by atoms with Crippen LogP contribution in [0.4, 0.5) is 0 Å². The van der Waals surface area contributed by atoms with Gasteiger partial charge in [0.1, 0.15) is 5.75 Å². The molecule has 1 N–H and O–H groups in total. The van der Waals surface area contributed by atoms with Crippen molar-refractivity contribution in [1.29, 1.82) is 0 Å². The normalized spacial score (nSPS) is 14.8. The predicted molar refractivity (Wildman–Crippen MR) is 83.8 cm³/mol. The quantitative estimate of drug-likeness (QED) is 0.748. The zero-order chi connectivity index (χ0) is 15.0. The summed E-state index contributed by atoms with van der Waals surface area (Å²) in [6.45, 7) is 17.9. The lowest BCUT2D eigenvalue weighted by Crippen LogP contribution is -2.24. The summed E-state index contributed by atoms with van der Waals surface area (Å²) in [4.78, 5) is 0. The third kappa shape index (κ3) is 3.99. The fourth-order valence-electron chi connectivity index (χ4n) is 3.13. The van der Waals surface area contributed by atoms with Crippen LogP contribution in [-0.2, 0) is 5.41 Å². The van der Waals surface area contributed by atoms with E-state index in [9.17, 15) is 5.11 Å². The first-order chi connectivity index (χ1) is 8.43. The Kier molecular flexibility index (Phi) is 4.39. The summed E-state index contributed by atoms with van der Waals surface area (Å²) in [5.74, 6) is 1.38. The van der Waals surface area contributed by atoms with Gasteiger partial charge in [0.05, 0.1) is 0 Å². The molecule has 1 aromatic carbocycles. The van der Waals surface area contributed by atoms with Crippen LogP contribution >= 0.6 is 0 Å². The highest BCUT2D eigenvalue weighted by Gasteiger charge is 2.30. The SMILES string of the molecule is CC(C)C(c1cc(O)cc(C(C)(C)C)c1)C(C)(C)C. The van der Waals surface area contributed by atoms with Crippen LogP contribution in [-0.4, -0.2) is 5.11 Å². The number of aromatic hydroxyl groups is 1. The fourth-order valence-corrected chi connectivity index (χ4v) is 3.13. The van der Waals surface area contributed by atoms with Crippen molar-refractivity contribution in [2.45, 2.75) is 66.7 Å². The zero-order valence-electron chi connectivity index (χ0n) is 13.8. The second kappa shape index (κ2) is 5.19. The van der Waals surface area contributed by atoms with Crippen LogP contribution < -0.4 is 0 Å². The van der Waals surface area contributed by atoms with Crippen LogP contribution in [0.25, 0.3) is 0 Å². The molecule has 1 rings (SSSR count). The van der Waals surface area contributed by atoms with Crippen molar-refractivity contribution in [3.63, 3.8) is 0 Å². The Morgan fingerprint density at radius 3 is 1.79 bits per heavy atom. The highest BCUT2D eigenvalue weighted by molar-refractivity contribution is 5.39. The first-order valence-corrected chi connectivity index (χ1v) is 7.27. The van der Waals surface area contributed by atoms with E-state index in [0.717, 1.165) is 0 Å². The molecule has 0 saturated carbocycles. The molecule has 0 amide bonds. The molecule has 1 aromatic rings. The number of benzene rings is 1. The van der Waals surface area contributed by atoms with Gasteiger partial charge in [0.15, 0.2) is 0 Å². The summed E-state index contributed by atoms with van der Waals surface area (Å²) in [5, 5.41) is 10.1. The van der Waals surface area contributed by atoms with E-state index in [4.69, 9.17) is 0 Å². The summed E-state index contributed by atoms with van der Waals surface area (Å²) in [7, 11) is 0. The molecule has 0 aliphatic carbocycles. The molecule has 0 saturated heterocycles. The fraction of sp³-hybridized carbons (Fsp3) is 0.667. The molecule has 0 fully saturated rings. The molecule has 0 radical (unpaired) electrons. The van der Waals surface area contributed by atoms with Gasteiger partial charge in [-0.1, -0.05) is 61.5 Å². The van der Waals surface area contributed by atoms with Gasteiger partial charge in [-0.3, -0.25) is 0 Å². The van der Waals surface area contributed by atoms with E-state index in [1.54, 1.807) is 0 Å². The third-order valence-corrected chi connectivity index (χ3v) is 3.76. The molecule has 0 aliphatic rings. The highest BCUT2D eigenvalue weighted by atomic mass is 16.3. The zero-order valence-corrected chi connectivity index (χ0v) is 13.8. The molecule has 19 heavy (non-hydrogen) atoms. The second-order valence-corrected chi connectivity index (χ2v) is 8.15. The minimum Gasteiger partial charge on any atom is -0.508 e. The molecular weight excluding hydrogens is 232 g/mol. The molecule has 0 aromatic heterocycles. The minimum absolute atomic E-state index is 0.0624. The van der Waals surface area contributed by atoms with Crippen molar-refractivity contribution in [3.05, 3.63) is 29.3 Å². The minimum atomic E-state index is 0.0624. The van der Waals surface area contributed by atoms with Crippen LogP contribution in [0.3, 0.4) is 0 Å². The Labute approximate surface area is 119 Å². The van der Waals surface area contributed by atoms with Gasteiger partial charge in [-0.25, -0.2) is 0 Å². The highest BCUT2D eigenvalue weighted by Crippen LogP contribution is 2.42. The van der Waals surface area contributed by atoms with Crippen molar-refractivity contribution >= 4 is 0 Å². The van der Waals surface area contributed by atoms with Gasteiger partial charge in [0, 0.05) is 0 Å². The average Bonchev–Trinajstić information content (AvgIpc) is 2.11. The summed E-state index contributed by atoms with van der Waals surface area (Å²) >= 11 is 0. The molecule has 0 bridgehead atoms. The molecule has 1 atom stereocenters. The standard InChI is InChI=1S/C18H30O/c1-12(2)16(18(6,7)8)13-9-14(17(3,4)5)11-15(19)10-13/h9-12,16,19H,1-8H3. The van der Waals surface area contributed by atoms with Crippen molar-refractivity contribution in [2.24, 2.45) is 11.3 Å². The van der Waals surface area contributed by atoms with E-state index >= 15 is 0 Å². The van der Waals surface area contributed by atoms with E-state index in [1.165, 1.54) is 11.1 Å². The molecule has 0 spiro atoms. The van der Waals surface area contributed by atoms with E-state index in [-0.39, 0.29) is 10.8 Å². The van der Waals surface area contributed by atoms with E-state index in [2.05, 4.69) is 61.5 Å². The first kappa shape index (κ1) is 16.1. The van der Waals surface area contributed by atoms with Crippen LogP contribution in [0.2, 0.25) is 0 Å². The predicted octanol–water partition coefficient (Wildman–Crippen LogP) is 5.48. The Balaban J connectivity index is 3.37. The Morgan fingerprint density at radius 1 is 0.895 bits per heavy atom. The Morgan fingerprint density at radius 2 is 1.42 bits per heavy atom. The number of phenolic OH excluding ortho intramolecular Hbond substituents is 1. The van der Waals surface area contributed by atoms with Gasteiger partial charge in [-0.2, -0.15) is 0 Å². The van der Waals surface area contributed by atoms with E-state index in [0.29, 0.717) is 17.6 Å². The Hall–Kier alpha value is -0.980. The van der Waals surface area contributed by atoms with Crippen LogP contribution in [0.5, 0.6) is 5.75 Å². The van der Waals surface area contributed by atoms with Crippen molar-refractivity contribution in [3.8, 4) is 5.75 Å². The average molecular weight is 262 g/mol. The molecular formula is C18H30O. The smallest absolute Gasteiger partial charge is 0.116 e. The van der Waals surface area contributed by atoms with Crippen LogP contribution in [0, 0.1) is 11.3 Å². The lowest BCUT2D eigenvalue weighted by Gasteiger charge is -2.35.